The van der Waals surface area contributed by atoms with Crippen molar-refractivity contribution >= 4 is 71.4 Å². The molecule has 174 valence electrons. The van der Waals surface area contributed by atoms with E-state index in [-0.39, 0.29) is 0 Å². The summed E-state index contributed by atoms with van der Waals surface area (Å²) in [5.41, 5.74) is 7.92. The summed E-state index contributed by atoms with van der Waals surface area (Å²) >= 11 is 7.69. The molecule has 37 heavy (non-hydrogen) atoms. The second-order valence-electron chi connectivity index (χ2n) is 9.26. The summed E-state index contributed by atoms with van der Waals surface area (Å²) in [4.78, 5) is 5.88. The molecule has 0 spiro atoms. The molecule has 5 aromatic carbocycles. The summed E-state index contributed by atoms with van der Waals surface area (Å²) in [5.74, 6) is 0. The van der Waals surface area contributed by atoms with Gasteiger partial charge in [-0.2, -0.15) is 0 Å². The lowest BCUT2D eigenvalue weighted by Crippen LogP contribution is -1.93. The molecule has 3 nitrogen and oxygen atoms in total. The highest BCUT2D eigenvalue weighted by atomic mass is 32.1. The Morgan fingerprint density at radius 3 is 2.14 bits per heavy atom. The van der Waals surface area contributed by atoms with Crippen LogP contribution in [0.5, 0.6) is 0 Å². The third-order valence-corrected chi connectivity index (χ3v) is 8.59. The lowest BCUT2D eigenvalue weighted by Gasteiger charge is -2.09. The zero-order chi connectivity index (χ0) is 24.5. The second kappa shape index (κ2) is 7.84. The summed E-state index contributed by atoms with van der Waals surface area (Å²) in [5, 5.41) is 3.49. The highest BCUT2D eigenvalue weighted by Gasteiger charge is 2.14. The molecule has 3 aromatic heterocycles. The van der Waals surface area contributed by atoms with E-state index in [0.29, 0.717) is 0 Å². The molecule has 0 atom stereocenters. The minimum atomic E-state index is 0.807. The van der Waals surface area contributed by atoms with Crippen LogP contribution in [0.3, 0.4) is 0 Å². The number of thiazole rings is 1. The van der Waals surface area contributed by atoms with Crippen LogP contribution in [-0.4, -0.2) is 14.0 Å². The van der Waals surface area contributed by atoms with E-state index in [0.717, 1.165) is 37.3 Å². The van der Waals surface area contributed by atoms with Crippen LogP contribution in [0.2, 0.25) is 0 Å². The van der Waals surface area contributed by atoms with Crippen LogP contribution in [0.4, 0.5) is 0 Å². The standard InChI is InChI=1S/C32H19N3S2/c36-31-25-19-20(14-16-26(25)33-32-35(31)29-12-6-7-13-30(29)37-32)21-15-17-28-24(18-21)23-10-4-5-11-27(23)34(28)22-8-2-1-3-9-22/h1-19H. The summed E-state index contributed by atoms with van der Waals surface area (Å²) in [6, 6.07) is 40.7. The fraction of sp³-hybridized carbons (Fsp3) is 0. The van der Waals surface area contributed by atoms with Crippen molar-refractivity contribution in [3.8, 4) is 16.8 Å². The summed E-state index contributed by atoms with van der Waals surface area (Å²) in [7, 11) is 0. The van der Waals surface area contributed by atoms with Crippen molar-refractivity contribution in [3.63, 3.8) is 0 Å². The van der Waals surface area contributed by atoms with Gasteiger partial charge in [-0.05, 0) is 65.7 Å². The molecule has 0 fully saturated rings. The van der Waals surface area contributed by atoms with E-state index in [9.17, 15) is 0 Å². The van der Waals surface area contributed by atoms with Gasteiger partial charge in [0.25, 0.3) is 0 Å². The Hall–Kier alpha value is -4.32. The van der Waals surface area contributed by atoms with Crippen LogP contribution in [0.25, 0.3) is 64.7 Å². The quantitative estimate of drug-likeness (QED) is 0.217. The van der Waals surface area contributed by atoms with Gasteiger partial charge in [0.1, 0.15) is 4.64 Å². The molecular formula is C32H19N3S2. The van der Waals surface area contributed by atoms with E-state index in [4.69, 9.17) is 17.2 Å². The van der Waals surface area contributed by atoms with Gasteiger partial charge in [-0.3, -0.25) is 4.40 Å². The Morgan fingerprint density at radius 2 is 1.27 bits per heavy atom. The molecule has 8 aromatic rings. The van der Waals surface area contributed by atoms with Gasteiger partial charge in [0, 0.05) is 21.8 Å². The summed E-state index contributed by atoms with van der Waals surface area (Å²) in [6.45, 7) is 0. The van der Waals surface area contributed by atoms with Gasteiger partial charge in [0.15, 0.2) is 4.96 Å². The minimum absolute atomic E-state index is 0.807. The van der Waals surface area contributed by atoms with Crippen molar-refractivity contribution in [1.29, 1.82) is 0 Å². The van der Waals surface area contributed by atoms with Crippen molar-refractivity contribution in [1.82, 2.24) is 14.0 Å². The third-order valence-electron chi connectivity index (χ3n) is 7.17. The number of nitrogens with zero attached hydrogens (tertiary/aromatic N) is 3. The number of para-hydroxylation sites is 3. The van der Waals surface area contributed by atoms with Crippen LogP contribution in [-0.2, 0) is 0 Å². The largest absolute Gasteiger partial charge is 0.309 e. The van der Waals surface area contributed by atoms with E-state index in [1.807, 2.05) is 0 Å². The Bertz CT molecular complexity index is 2220. The highest BCUT2D eigenvalue weighted by molar-refractivity contribution is 7.71. The number of hydrogen-bond donors (Lipinski definition) is 0. The Balaban J connectivity index is 1.37. The molecule has 0 aliphatic carbocycles. The Labute approximate surface area is 221 Å². The zero-order valence-electron chi connectivity index (χ0n) is 19.6. The number of fused-ring (bicyclic) bond motifs is 7. The first-order valence-corrected chi connectivity index (χ1v) is 13.4. The van der Waals surface area contributed by atoms with E-state index in [1.54, 1.807) is 11.3 Å². The zero-order valence-corrected chi connectivity index (χ0v) is 21.3. The monoisotopic (exact) mass is 509 g/mol. The number of benzene rings is 5. The summed E-state index contributed by atoms with van der Waals surface area (Å²) < 4.78 is 6.45. The predicted octanol–water partition coefficient (Wildman–Crippen LogP) is 9.20. The van der Waals surface area contributed by atoms with Gasteiger partial charge >= 0.3 is 0 Å². The molecule has 0 amide bonds. The Morgan fingerprint density at radius 1 is 0.595 bits per heavy atom. The molecule has 0 aliphatic rings. The molecule has 3 heterocycles. The average Bonchev–Trinajstić information content (AvgIpc) is 3.49. The lowest BCUT2D eigenvalue weighted by atomic mass is 10.0. The molecule has 0 saturated heterocycles. The number of rotatable bonds is 2. The van der Waals surface area contributed by atoms with Gasteiger partial charge < -0.3 is 4.57 Å². The normalized spacial score (nSPS) is 11.9. The van der Waals surface area contributed by atoms with Gasteiger partial charge in [-0.15, -0.1) is 0 Å². The van der Waals surface area contributed by atoms with Gasteiger partial charge in [-0.25, -0.2) is 4.98 Å². The maximum Gasteiger partial charge on any atom is 0.196 e. The van der Waals surface area contributed by atoms with Crippen molar-refractivity contribution in [2.45, 2.75) is 0 Å². The van der Waals surface area contributed by atoms with Crippen molar-refractivity contribution in [2.75, 3.05) is 0 Å². The molecule has 8 rings (SSSR count). The third kappa shape index (κ3) is 3.05. The fourth-order valence-corrected chi connectivity index (χ4v) is 6.90. The smallest absolute Gasteiger partial charge is 0.196 e. The second-order valence-corrected chi connectivity index (χ2v) is 10.7. The van der Waals surface area contributed by atoms with Crippen LogP contribution in [0.1, 0.15) is 0 Å². The van der Waals surface area contributed by atoms with E-state index in [2.05, 4.69) is 124 Å². The molecule has 0 unspecified atom stereocenters. The van der Waals surface area contributed by atoms with Crippen molar-refractivity contribution in [3.05, 3.63) is 120 Å². The lowest BCUT2D eigenvalue weighted by molar-refractivity contribution is 1.18. The topological polar surface area (TPSA) is 22.2 Å². The molecule has 0 radical (unpaired) electrons. The minimum Gasteiger partial charge on any atom is -0.309 e. The molecular weight excluding hydrogens is 491 g/mol. The maximum atomic E-state index is 6.01. The first-order valence-electron chi connectivity index (χ1n) is 12.2. The van der Waals surface area contributed by atoms with E-state index >= 15 is 0 Å². The molecule has 0 aliphatic heterocycles. The number of aromatic nitrogens is 3. The first-order chi connectivity index (χ1) is 18.3. The molecule has 0 saturated carbocycles. The van der Waals surface area contributed by atoms with Crippen LogP contribution in [0.15, 0.2) is 115 Å². The molecule has 0 bridgehead atoms. The van der Waals surface area contributed by atoms with Crippen molar-refractivity contribution in [2.24, 2.45) is 0 Å². The molecule has 0 N–H and O–H groups in total. The Kier molecular flexibility index (Phi) is 4.41. The van der Waals surface area contributed by atoms with Crippen LogP contribution >= 0.6 is 23.6 Å². The fourth-order valence-electron chi connectivity index (χ4n) is 5.46. The van der Waals surface area contributed by atoms with Gasteiger partial charge in [0.05, 0.1) is 26.8 Å². The summed E-state index contributed by atoms with van der Waals surface area (Å²) in [6.07, 6.45) is 0. The van der Waals surface area contributed by atoms with E-state index < -0.39 is 0 Å². The van der Waals surface area contributed by atoms with Crippen LogP contribution in [0, 0.1) is 4.64 Å². The highest BCUT2D eigenvalue weighted by Crippen LogP contribution is 2.36. The van der Waals surface area contributed by atoms with Crippen LogP contribution < -0.4 is 0 Å². The van der Waals surface area contributed by atoms with E-state index in [1.165, 1.54) is 32.1 Å². The number of hydrogen-bond acceptors (Lipinski definition) is 3. The van der Waals surface area contributed by atoms with Gasteiger partial charge in [0.2, 0.25) is 0 Å². The predicted molar refractivity (Wildman–Crippen MR) is 159 cm³/mol. The maximum absolute atomic E-state index is 6.01. The SMILES string of the molecule is S=c1c2cc(-c3ccc4c(c3)c3ccccc3n4-c3ccccc3)ccc2nc2sc3ccccc3n12. The molecule has 5 heteroatoms. The van der Waals surface area contributed by atoms with Gasteiger partial charge in [-0.1, -0.05) is 84.2 Å². The average molecular weight is 510 g/mol. The first kappa shape index (κ1) is 20.8. The van der Waals surface area contributed by atoms with Crippen molar-refractivity contribution < 1.29 is 0 Å².